The molecule has 0 aromatic heterocycles. The number of ketones is 2. The van der Waals surface area contributed by atoms with Crippen LogP contribution in [0.3, 0.4) is 0 Å². The summed E-state index contributed by atoms with van der Waals surface area (Å²) < 4.78 is 14.0. The summed E-state index contributed by atoms with van der Waals surface area (Å²) in [6.45, 7) is 12.7. The number of rotatable bonds is 10. The van der Waals surface area contributed by atoms with Crippen LogP contribution in [-0.4, -0.2) is 16.7 Å². The highest BCUT2D eigenvalue weighted by Gasteiger charge is 2.24. The van der Waals surface area contributed by atoms with E-state index in [0.29, 0.717) is 25.4 Å². The summed E-state index contributed by atoms with van der Waals surface area (Å²) in [5, 5.41) is 10.6. The van der Waals surface area contributed by atoms with Crippen molar-refractivity contribution in [3.8, 4) is 17.2 Å². The molecule has 5 nitrogen and oxygen atoms in total. The van der Waals surface area contributed by atoms with Crippen LogP contribution in [0.5, 0.6) is 17.2 Å². The SMILES string of the molecule is CC.CC.Cc1ccc(C(=O)C=Cc2ccc(Br)cc2)c(O)c1OCc1ccccc1.Cc1ccc2c(c1OCc1ccccc1)CC(c1ccc(Br)cc1)=CC2=O.II. The number of carbonyl (C=O) groups is 2. The first kappa shape index (κ1) is 50.3. The number of allylic oxidation sites excluding steroid dienone is 3. The molecule has 0 unspecified atom stereocenters. The zero-order chi connectivity index (χ0) is 44.0. The van der Waals surface area contributed by atoms with Crippen molar-refractivity contribution >= 4 is 92.3 Å². The average molecular weight is 1160 g/mol. The number of hydrogen-bond acceptors (Lipinski definition) is 5. The molecule has 0 saturated heterocycles. The molecule has 0 fully saturated rings. The van der Waals surface area contributed by atoms with Gasteiger partial charge in [0, 0.05) is 63.7 Å². The number of benzene rings is 6. The predicted octanol–water partition coefficient (Wildman–Crippen LogP) is 15.9. The molecule has 6 aromatic rings. The molecule has 0 heterocycles. The lowest BCUT2D eigenvalue weighted by Crippen LogP contribution is -2.12. The van der Waals surface area contributed by atoms with Gasteiger partial charge in [0.25, 0.3) is 0 Å². The molecule has 0 amide bonds. The van der Waals surface area contributed by atoms with Crippen LogP contribution in [0.15, 0.2) is 155 Å². The summed E-state index contributed by atoms with van der Waals surface area (Å²) in [7, 11) is 0. The Balaban J connectivity index is 0.000000285. The smallest absolute Gasteiger partial charge is 0.189 e. The molecule has 6 aromatic carbocycles. The first-order valence-corrected chi connectivity index (χ1v) is 27.4. The van der Waals surface area contributed by atoms with E-state index in [0.717, 1.165) is 64.8 Å². The lowest BCUT2D eigenvalue weighted by Gasteiger charge is -2.22. The predicted molar refractivity (Wildman–Crippen MR) is 274 cm³/mol. The van der Waals surface area contributed by atoms with Crippen LogP contribution in [0.25, 0.3) is 11.6 Å². The van der Waals surface area contributed by atoms with Crippen molar-refractivity contribution in [2.45, 2.75) is 61.2 Å². The van der Waals surface area contributed by atoms with Gasteiger partial charge in [-0.05, 0) is 95.3 Å². The van der Waals surface area contributed by atoms with Crippen LogP contribution < -0.4 is 9.47 Å². The van der Waals surface area contributed by atoms with Gasteiger partial charge < -0.3 is 14.6 Å². The molecule has 1 aliphatic rings. The van der Waals surface area contributed by atoms with E-state index in [1.165, 1.54) is 6.08 Å². The van der Waals surface area contributed by atoms with Crippen LogP contribution in [0.2, 0.25) is 0 Å². The van der Waals surface area contributed by atoms with E-state index >= 15 is 0 Å². The van der Waals surface area contributed by atoms with Crippen LogP contribution in [0.1, 0.15) is 87.4 Å². The molecule has 0 saturated carbocycles. The second-order valence-electron chi connectivity index (χ2n) is 12.9. The van der Waals surface area contributed by atoms with E-state index in [-0.39, 0.29) is 22.9 Å². The Kier molecular flexibility index (Phi) is 22.7. The Morgan fingerprint density at radius 2 is 1.15 bits per heavy atom. The van der Waals surface area contributed by atoms with E-state index in [2.05, 4.69) is 69.1 Å². The third kappa shape index (κ3) is 14.8. The van der Waals surface area contributed by atoms with E-state index < -0.39 is 0 Å². The lowest BCUT2D eigenvalue weighted by atomic mass is 9.86. The van der Waals surface area contributed by atoms with Crippen LogP contribution >= 0.6 is 69.1 Å². The number of phenolic OH excluding ortho intramolecular Hbond substituents is 1. The van der Waals surface area contributed by atoms with E-state index in [9.17, 15) is 14.7 Å². The van der Waals surface area contributed by atoms with Gasteiger partial charge in [0.2, 0.25) is 0 Å². The normalized spacial score (nSPS) is 11.1. The lowest BCUT2D eigenvalue weighted by molar-refractivity contribution is 0.103. The molecule has 0 spiro atoms. The molecule has 0 aliphatic heterocycles. The van der Waals surface area contributed by atoms with Gasteiger partial charge in [0.1, 0.15) is 19.0 Å². The fourth-order valence-corrected chi connectivity index (χ4v) is 6.56. The highest BCUT2D eigenvalue weighted by Crippen LogP contribution is 2.37. The van der Waals surface area contributed by atoms with Crippen molar-refractivity contribution < 1.29 is 24.2 Å². The number of aromatic hydroxyl groups is 1. The molecule has 1 aliphatic carbocycles. The van der Waals surface area contributed by atoms with Crippen molar-refractivity contribution in [1.82, 2.24) is 0 Å². The molecule has 0 radical (unpaired) electrons. The van der Waals surface area contributed by atoms with E-state index in [1.54, 1.807) is 24.3 Å². The maximum absolute atomic E-state index is 12.7. The fraction of sp³-hybridized carbons (Fsp3) is 0.176. The Morgan fingerprint density at radius 1 is 0.667 bits per heavy atom. The number of aryl methyl sites for hydroxylation is 2. The number of hydrogen-bond donors (Lipinski definition) is 1. The molecular weight excluding hydrogens is 1110 g/mol. The van der Waals surface area contributed by atoms with Gasteiger partial charge in [-0.1, -0.05) is 169 Å². The fourth-order valence-electron chi connectivity index (χ4n) is 6.03. The van der Waals surface area contributed by atoms with Gasteiger partial charge in [-0.3, -0.25) is 9.59 Å². The Hall–Kier alpha value is -4.04. The first-order chi connectivity index (χ1) is 29.2. The zero-order valence-electron chi connectivity index (χ0n) is 34.6. The molecule has 0 bridgehead atoms. The molecule has 312 valence electrons. The Bertz CT molecular complexity index is 2320. The maximum Gasteiger partial charge on any atom is 0.189 e. The zero-order valence-corrected chi connectivity index (χ0v) is 42.1. The number of carbonyl (C=O) groups excluding carboxylic acids is 2. The quantitative estimate of drug-likeness (QED) is 0.0841. The van der Waals surface area contributed by atoms with Crippen LogP contribution in [0.4, 0.5) is 0 Å². The van der Waals surface area contributed by atoms with Gasteiger partial charge in [0.15, 0.2) is 23.1 Å². The highest BCUT2D eigenvalue weighted by molar-refractivity contribution is 15.0. The summed E-state index contributed by atoms with van der Waals surface area (Å²) in [6.07, 6.45) is 5.61. The summed E-state index contributed by atoms with van der Waals surface area (Å²) in [5.74, 6) is 0.796. The summed E-state index contributed by atoms with van der Waals surface area (Å²) >= 11 is 11.1. The monoisotopic (exact) mass is 1150 g/mol. The van der Waals surface area contributed by atoms with Gasteiger partial charge in [-0.25, -0.2) is 0 Å². The second kappa shape index (κ2) is 27.0. The maximum atomic E-state index is 12.7. The first-order valence-electron chi connectivity index (χ1n) is 19.6. The van der Waals surface area contributed by atoms with Gasteiger partial charge in [-0.15, -0.1) is 0 Å². The van der Waals surface area contributed by atoms with Crippen molar-refractivity contribution in [3.05, 3.63) is 205 Å². The number of ether oxygens (including phenoxy) is 2. The summed E-state index contributed by atoms with van der Waals surface area (Å²) in [4.78, 5) is 25.3. The van der Waals surface area contributed by atoms with Crippen molar-refractivity contribution in [3.63, 3.8) is 0 Å². The molecule has 9 heteroatoms. The average Bonchev–Trinajstić information content (AvgIpc) is 3.29. The second-order valence-corrected chi connectivity index (χ2v) is 14.7. The third-order valence-corrected chi connectivity index (χ3v) is 10.0. The van der Waals surface area contributed by atoms with Crippen LogP contribution in [0, 0.1) is 13.8 Å². The standard InChI is InChI=1S/C24H19BrO2.C23H19BrO3.2C2H6.I2/c1-16-7-12-21-22(24(16)27-15-17-5-3-2-4-6-17)13-19(14-23(21)26)18-8-10-20(25)11-9-18;1-16-7-13-20(21(25)14-10-17-8-11-19(24)12-9-17)22(26)23(16)27-15-18-5-3-2-4-6-18;3*1-2/h2-12,14H,13,15H2,1H3;2-14,26H,15H2,1H3;2*1-2H3;. The molecule has 60 heavy (non-hydrogen) atoms. The Morgan fingerprint density at radius 3 is 1.70 bits per heavy atom. The summed E-state index contributed by atoms with van der Waals surface area (Å²) in [6, 6.07) is 42.7. The van der Waals surface area contributed by atoms with Crippen molar-refractivity contribution in [2.75, 3.05) is 0 Å². The van der Waals surface area contributed by atoms with Gasteiger partial charge in [0.05, 0.1) is 5.56 Å². The van der Waals surface area contributed by atoms with Crippen molar-refractivity contribution in [1.29, 1.82) is 0 Å². The minimum Gasteiger partial charge on any atom is -0.504 e. The molecule has 0 atom stereocenters. The van der Waals surface area contributed by atoms with Crippen LogP contribution in [-0.2, 0) is 19.6 Å². The van der Waals surface area contributed by atoms with Crippen molar-refractivity contribution in [2.24, 2.45) is 0 Å². The largest absolute Gasteiger partial charge is 0.504 e. The number of phenols is 1. The topological polar surface area (TPSA) is 72.8 Å². The highest BCUT2D eigenvalue weighted by atomic mass is 128. The van der Waals surface area contributed by atoms with Gasteiger partial charge in [-0.2, -0.15) is 0 Å². The minimum absolute atomic E-state index is 0.0405. The van der Waals surface area contributed by atoms with E-state index in [4.69, 9.17) is 9.47 Å². The molecule has 7 rings (SSSR count). The minimum atomic E-state index is -0.278. The molecule has 1 N–H and O–H groups in total. The Labute approximate surface area is 395 Å². The third-order valence-electron chi connectivity index (χ3n) is 8.95. The summed E-state index contributed by atoms with van der Waals surface area (Å²) in [5.41, 5.74) is 8.86. The molecular formula is C51H50Br2I2O5. The number of fused-ring (bicyclic) bond motifs is 1. The van der Waals surface area contributed by atoms with E-state index in [1.807, 2.05) is 163 Å². The van der Waals surface area contributed by atoms with Gasteiger partial charge >= 0.3 is 0 Å². The number of halogens is 4.